The fraction of sp³-hybridized carbons (Fsp3) is 0.222. The number of ether oxygens (including phenoxy) is 2. The lowest BCUT2D eigenvalue weighted by Crippen LogP contribution is -2.51. The molecule has 0 spiro atoms. The number of nitrogens with zero attached hydrogens (tertiary/aromatic N) is 2. The third kappa shape index (κ3) is 4.41. The van der Waals surface area contributed by atoms with Gasteiger partial charge in [0.2, 0.25) is 0 Å². The molecule has 1 aliphatic rings. The van der Waals surface area contributed by atoms with Crippen LogP contribution in [0.2, 0.25) is 0 Å². The standard InChI is InChI=1S/C18H20N4O5S/c1-3-27-18(23)21-28(24,25)22-12-14-11-15(26-2)4-5-16(14)17(20-22)10-13-6-8-19-9-7-13/h4-11,20H,3,12H2,1-2H3,(H,21,23). The van der Waals surface area contributed by atoms with E-state index in [2.05, 4.69) is 15.1 Å². The van der Waals surface area contributed by atoms with Crippen molar-refractivity contribution in [3.8, 4) is 5.75 Å². The third-order valence-electron chi connectivity index (χ3n) is 3.96. The van der Waals surface area contributed by atoms with Gasteiger partial charge >= 0.3 is 16.3 Å². The number of benzene rings is 1. The van der Waals surface area contributed by atoms with Crippen LogP contribution in [0.15, 0.2) is 42.7 Å². The molecule has 9 nitrogen and oxygen atoms in total. The smallest absolute Gasteiger partial charge is 0.421 e. The topological polar surface area (TPSA) is 110 Å². The average molecular weight is 404 g/mol. The summed E-state index contributed by atoms with van der Waals surface area (Å²) in [7, 11) is -2.65. The molecule has 28 heavy (non-hydrogen) atoms. The quantitative estimate of drug-likeness (QED) is 0.783. The molecule has 2 heterocycles. The van der Waals surface area contributed by atoms with Crippen LogP contribution >= 0.6 is 0 Å². The summed E-state index contributed by atoms with van der Waals surface area (Å²) in [6.45, 7) is 1.64. The van der Waals surface area contributed by atoms with E-state index in [1.807, 2.05) is 10.8 Å². The van der Waals surface area contributed by atoms with Gasteiger partial charge in [-0.2, -0.15) is 8.42 Å². The number of amides is 1. The van der Waals surface area contributed by atoms with Crippen LogP contribution in [0.3, 0.4) is 0 Å². The molecule has 0 saturated carbocycles. The molecule has 0 radical (unpaired) electrons. The van der Waals surface area contributed by atoms with Crippen LogP contribution in [-0.4, -0.2) is 37.6 Å². The van der Waals surface area contributed by atoms with Gasteiger partial charge in [0.05, 0.1) is 26.0 Å². The van der Waals surface area contributed by atoms with E-state index in [1.54, 1.807) is 49.7 Å². The van der Waals surface area contributed by atoms with Gasteiger partial charge in [-0.3, -0.25) is 4.98 Å². The highest BCUT2D eigenvalue weighted by atomic mass is 32.2. The number of aromatic nitrogens is 1. The molecule has 0 aliphatic carbocycles. The van der Waals surface area contributed by atoms with Crippen LogP contribution in [0.1, 0.15) is 23.6 Å². The fourth-order valence-corrected chi connectivity index (χ4v) is 3.59. The molecule has 3 rings (SSSR count). The Hall–Kier alpha value is -3.11. The zero-order valence-corrected chi connectivity index (χ0v) is 16.2. The normalized spacial score (nSPS) is 15.4. The second-order valence-corrected chi connectivity index (χ2v) is 7.40. The van der Waals surface area contributed by atoms with Gasteiger partial charge in [-0.25, -0.2) is 9.52 Å². The summed E-state index contributed by atoms with van der Waals surface area (Å²) in [6.07, 6.45) is 4.03. The second-order valence-electron chi connectivity index (χ2n) is 5.81. The Morgan fingerprint density at radius 3 is 2.75 bits per heavy atom. The summed E-state index contributed by atoms with van der Waals surface area (Å²) in [5.74, 6) is 0.597. The van der Waals surface area contributed by atoms with E-state index in [-0.39, 0.29) is 13.2 Å². The van der Waals surface area contributed by atoms with Crippen molar-refractivity contribution < 1.29 is 22.7 Å². The van der Waals surface area contributed by atoms with E-state index < -0.39 is 16.3 Å². The van der Waals surface area contributed by atoms with Gasteiger partial charge in [0.25, 0.3) is 0 Å². The van der Waals surface area contributed by atoms with Gasteiger partial charge in [0.15, 0.2) is 0 Å². The summed E-state index contributed by atoms with van der Waals surface area (Å²) in [5.41, 5.74) is 5.77. The van der Waals surface area contributed by atoms with E-state index >= 15 is 0 Å². The van der Waals surface area contributed by atoms with Crippen molar-refractivity contribution in [3.05, 3.63) is 59.4 Å². The van der Waals surface area contributed by atoms with Crippen molar-refractivity contribution in [1.82, 2.24) is 19.5 Å². The van der Waals surface area contributed by atoms with Crippen LogP contribution < -0.4 is 14.9 Å². The van der Waals surface area contributed by atoms with Crippen LogP contribution in [0.25, 0.3) is 11.8 Å². The molecule has 0 atom stereocenters. The highest BCUT2D eigenvalue weighted by molar-refractivity contribution is 7.87. The molecule has 0 unspecified atom stereocenters. The molecule has 0 saturated heterocycles. The van der Waals surface area contributed by atoms with Gasteiger partial charge in [-0.15, -0.1) is 0 Å². The molecule has 148 valence electrons. The molecular formula is C18H20N4O5S. The number of carbonyl (C=O) groups excluding carboxylic acids is 1. The number of pyridine rings is 1. The van der Waals surface area contributed by atoms with Crippen LogP contribution in [0.4, 0.5) is 4.79 Å². The Morgan fingerprint density at radius 2 is 2.07 bits per heavy atom. The highest BCUT2D eigenvalue weighted by Crippen LogP contribution is 2.30. The predicted octanol–water partition coefficient (Wildman–Crippen LogP) is 1.90. The Labute approximate surface area is 163 Å². The van der Waals surface area contributed by atoms with Crippen molar-refractivity contribution in [1.29, 1.82) is 0 Å². The summed E-state index contributed by atoms with van der Waals surface area (Å²) >= 11 is 0. The Balaban J connectivity index is 1.99. The first kappa shape index (κ1) is 19.6. The maximum absolute atomic E-state index is 12.6. The van der Waals surface area contributed by atoms with Gasteiger partial charge < -0.3 is 14.9 Å². The van der Waals surface area contributed by atoms with Crippen LogP contribution in [-0.2, 0) is 21.5 Å². The van der Waals surface area contributed by atoms with Gasteiger partial charge in [0.1, 0.15) is 5.75 Å². The van der Waals surface area contributed by atoms with Gasteiger partial charge in [-0.1, -0.05) is 4.41 Å². The summed E-state index contributed by atoms with van der Waals surface area (Å²) in [6, 6.07) is 8.98. The van der Waals surface area contributed by atoms with Crippen molar-refractivity contribution in [3.63, 3.8) is 0 Å². The minimum atomic E-state index is -4.19. The van der Waals surface area contributed by atoms with Gasteiger partial charge in [0, 0.05) is 18.0 Å². The summed E-state index contributed by atoms with van der Waals surface area (Å²) in [5, 5.41) is 0. The zero-order chi connectivity index (χ0) is 20.1. The largest absolute Gasteiger partial charge is 0.497 e. The fourth-order valence-electron chi connectivity index (χ4n) is 2.68. The number of hydrogen-bond donors (Lipinski definition) is 2. The van der Waals surface area contributed by atoms with Crippen molar-refractivity contribution in [2.75, 3.05) is 13.7 Å². The maximum Gasteiger partial charge on any atom is 0.421 e. The van der Waals surface area contributed by atoms with Crippen molar-refractivity contribution in [2.45, 2.75) is 13.5 Å². The minimum Gasteiger partial charge on any atom is -0.497 e. The summed E-state index contributed by atoms with van der Waals surface area (Å²) < 4.78 is 38.0. The average Bonchev–Trinajstić information content (AvgIpc) is 2.68. The van der Waals surface area contributed by atoms with Crippen molar-refractivity contribution >= 4 is 28.1 Å². The molecular weight excluding hydrogens is 384 g/mol. The molecule has 1 aromatic carbocycles. The molecule has 1 aromatic heterocycles. The molecule has 0 bridgehead atoms. The number of rotatable bonds is 5. The minimum absolute atomic E-state index is 0.00500. The second kappa shape index (κ2) is 8.28. The lowest BCUT2D eigenvalue weighted by Gasteiger charge is -2.31. The van der Waals surface area contributed by atoms with E-state index in [0.29, 0.717) is 17.0 Å². The number of hydrogen-bond acceptors (Lipinski definition) is 7. The summed E-state index contributed by atoms with van der Waals surface area (Å²) in [4.78, 5) is 15.6. The number of methoxy groups -OCH3 is 1. The molecule has 2 N–H and O–H groups in total. The molecule has 1 amide bonds. The maximum atomic E-state index is 12.6. The Morgan fingerprint density at radius 1 is 1.32 bits per heavy atom. The number of hydrazine groups is 1. The SMILES string of the molecule is CCOC(=O)NS(=O)(=O)N1Cc2cc(OC)ccc2C(=Cc2ccncc2)N1. The Bertz CT molecular complexity index is 992. The number of nitrogens with one attached hydrogen (secondary N) is 2. The van der Waals surface area contributed by atoms with E-state index in [9.17, 15) is 13.2 Å². The number of carbonyl (C=O) groups is 1. The van der Waals surface area contributed by atoms with E-state index in [0.717, 1.165) is 15.5 Å². The Kier molecular flexibility index (Phi) is 5.81. The lowest BCUT2D eigenvalue weighted by molar-refractivity contribution is 0.157. The first-order valence-corrected chi connectivity index (χ1v) is 9.90. The molecule has 0 fully saturated rings. The first-order chi connectivity index (χ1) is 13.4. The van der Waals surface area contributed by atoms with Crippen LogP contribution in [0, 0.1) is 0 Å². The monoisotopic (exact) mass is 404 g/mol. The molecule has 10 heteroatoms. The molecule has 1 aliphatic heterocycles. The predicted molar refractivity (Wildman–Crippen MR) is 103 cm³/mol. The third-order valence-corrected chi connectivity index (χ3v) is 5.18. The van der Waals surface area contributed by atoms with E-state index in [4.69, 9.17) is 4.74 Å². The van der Waals surface area contributed by atoms with Crippen LogP contribution in [0.5, 0.6) is 5.75 Å². The molecule has 2 aromatic rings. The first-order valence-electron chi connectivity index (χ1n) is 8.46. The number of fused-ring (bicyclic) bond motifs is 1. The van der Waals surface area contributed by atoms with Crippen molar-refractivity contribution in [2.24, 2.45) is 0 Å². The zero-order valence-electron chi connectivity index (χ0n) is 15.4. The lowest BCUT2D eigenvalue weighted by atomic mass is 10.0. The van der Waals surface area contributed by atoms with E-state index in [1.165, 1.54) is 7.11 Å². The van der Waals surface area contributed by atoms with Gasteiger partial charge in [-0.05, 0) is 54.5 Å². The highest BCUT2D eigenvalue weighted by Gasteiger charge is 2.31.